The molecule has 0 saturated heterocycles. The normalized spacial score (nSPS) is 30.0. The smallest absolute Gasteiger partial charge is 0.240 e. The van der Waals surface area contributed by atoms with Crippen LogP contribution in [0.15, 0.2) is 34.3 Å². The molecule has 24 heavy (non-hydrogen) atoms. The van der Waals surface area contributed by atoms with E-state index in [0.29, 0.717) is 17.5 Å². The first-order valence-electron chi connectivity index (χ1n) is 8.09. The molecule has 1 N–H and O–H groups in total. The Bertz CT molecular complexity index is 759. The lowest BCUT2D eigenvalue weighted by Gasteiger charge is -2.38. The van der Waals surface area contributed by atoms with E-state index in [1.165, 1.54) is 19.2 Å². The SMILES string of the molecule is CO/N=C1/CC2CCC1(CNS(=O)(=O)c1ccc(Cl)cc1)C2(C)C. The van der Waals surface area contributed by atoms with Gasteiger partial charge in [-0.05, 0) is 54.9 Å². The van der Waals surface area contributed by atoms with Gasteiger partial charge in [0.25, 0.3) is 0 Å². The Morgan fingerprint density at radius 3 is 2.58 bits per heavy atom. The molecule has 2 fully saturated rings. The van der Waals surface area contributed by atoms with Crippen LogP contribution in [-0.4, -0.2) is 27.8 Å². The van der Waals surface area contributed by atoms with E-state index in [9.17, 15) is 8.42 Å². The highest BCUT2D eigenvalue weighted by atomic mass is 35.5. The number of hydrogen-bond donors (Lipinski definition) is 1. The number of fused-ring (bicyclic) bond motifs is 2. The van der Waals surface area contributed by atoms with E-state index in [0.717, 1.165) is 25.0 Å². The van der Waals surface area contributed by atoms with Crippen LogP contribution in [0.3, 0.4) is 0 Å². The van der Waals surface area contributed by atoms with Gasteiger partial charge in [0.05, 0.1) is 10.6 Å². The van der Waals surface area contributed by atoms with E-state index in [4.69, 9.17) is 16.4 Å². The van der Waals surface area contributed by atoms with Gasteiger partial charge in [-0.15, -0.1) is 0 Å². The number of benzene rings is 1. The van der Waals surface area contributed by atoms with E-state index in [1.54, 1.807) is 12.1 Å². The molecule has 7 heteroatoms. The highest BCUT2D eigenvalue weighted by molar-refractivity contribution is 7.89. The summed E-state index contributed by atoms with van der Waals surface area (Å²) in [6, 6.07) is 6.20. The van der Waals surface area contributed by atoms with Gasteiger partial charge in [-0.25, -0.2) is 13.1 Å². The molecular formula is C17H23ClN2O3S. The monoisotopic (exact) mass is 370 g/mol. The minimum absolute atomic E-state index is 0.00706. The molecule has 0 heterocycles. The maximum Gasteiger partial charge on any atom is 0.240 e. The minimum atomic E-state index is -3.59. The predicted molar refractivity (Wildman–Crippen MR) is 94.6 cm³/mol. The summed E-state index contributed by atoms with van der Waals surface area (Å²) >= 11 is 5.84. The molecule has 1 aromatic rings. The van der Waals surface area contributed by atoms with Crippen molar-refractivity contribution in [1.29, 1.82) is 0 Å². The molecule has 2 atom stereocenters. The molecule has 0 aliphatic heterocycles. The number of sulfonamides is 1. The van der Waals surface area contributed by atoms with Crippen LogP contribution in [0.4, 0.5) is 0 Å². The van der Waals surface area contributed by atoms with Crippen molar-refractivity contribution in [2.45, 2.75) is 38.0 Å². The lowest BCUT2D eigenvalue weighted by molar-refractivity contribution is 0.168. The second kappa shape index (κ2) is 6.00. The zero-order chi connectivity index (χ0) is 17.6. The number of halogens is 1. The van der Waals surface area contributed by atoms with Crippen LogP contribution in [0.2, 0.25) is 5.02 Å². The Balaban J connectivity index is 1.86. The van der Waals surface area contributed by atoms with Gasteiger partial charge in [-0.1, -0.05) is 30.6 Å². The third kappa shape index (κ3) is 2.65. The summed E-state index contributed by atoms with van der Waals surface area (Å²) < 4.78 is 28.0. The van der Waals surface area contributed by atoms with E-state index >= 15 is 0 Å². The van der Waals surface area contributed by atoms with Gasteiger partial charge in [0, 0.05) is 17.0 Å². The van der Waals surface area contributed by atoms with Crippen LogP contribution < -0.4 is 4.72 Å². The highest BCUT2D eigenvalue weighted by Gasteiger charge is 2.63. The molecule has 5 nitrogen and oxygen atoms in total. The Morgan fingerprint density at radius 1 is 1.33 bits per heavy atom. The predicted octanol–water partition coefficient (Wildman–Crippen LogP) is 3.45. The molecule has 2 bridgehead atoms. The van der Waals surface area contributed by atoms with Crippen molar-refractivity contribution in [1.82, 2.24) is 4.72 Å². The third-order valence-corrected chi connectivity index (χ3v) is 7.72. The molecule has 0 amide bonds. The average Bonchev–Trinajstić information content (AvgIpc) is 2.89. The summed E-state index contributed by atoms with van der Waals surface area (Å²) in [5, 5.41) is 4.74. The first-order valence-corrected chi connectivity index (χ1v) is 9.95. The van der Waals surface area contributed by atoms with Gasteiger partial charge in [-0.3, -0.25) is 0 Å². The largest absolute Gasteiger partial charge is 0.399 e. The lowest BCUT2D eigenvalue weighted by atomic mass is 9.69. The minimum Gasteiger partial charge on any atom is -0.399 e. The third-order valence-electron chi connectivity index (χ3n) is 6.06. The van der Waals surface area contributed by atoms with Gasteiger partial charge in [-0.2, -0.15) is 0 Å². The van der Waals surface area contributed by atoms with Crippen LogP contribution in [0.1, 0.15) is 33.1 Å². The summed E-state index contributed by atoms with van der Waals surface area (Å²) in [4.78, 5) is 5.24. The Kier molecular flexibility index (Phi) is 4.43. The van der Waals surface area contributed by atoms with Crippen LogP contribution in [-0.2, 0) is 14.9 Å². The maximum absolute atomic E-state index is 12.6. The fourth-order valence-corrected chi connectivity index (χ4v) is 5.59. The summed E-state index contributed by atoms with van der Waals surface area (Å²) in [7, 11) is -2.05. The van der Waals surface area contributed by atoms with Gasteiger partial charge in [0.2, 0.25) is 10.0 Å². The summed E-state index contributed by atoms with van der Waals surface area (Å²) in [6.45, 7) is 4.75. The van der Waals surface area contributed by atoms with Crippen molar-refractivity contribution in [3.05, 3.63) is 29.3 Å². The molecule has 0 radical (unpaired) electrons. The average molecular weight is 371 g/mol. The molecule has 0 aromatic heterocycles. The van der Waals surface area contributed by atoms with E-state index in [2.05, 4.69) is 23.7 Å². The molecule has 132 valence electrons. The van der Waals surface area contributed by atoms with Crippen molar-refractivity contribution in [3.63, 3.8) is 0 Å². The first kappa shape index (κ1) is 17.7. The molecule has 0 spiro atoms. The van der Waals surface area contributed by atoms with Crippen LogP contribution in [0.5, 0.6) is 0 Å². The Labute approximate surface area is 148 Å². The lowest BCUT2D eigenvalue weighted by Crippen LogP contribution is -2.46. The molecule has 2 saturated carbocycles. The van der Waals surface area contributed by atoms with Gasteiger partial charge in [0.15, 0.2) is 0 Å². The van der Waals surface area contributed by atoms with Crippen LogP contribution in [0, 0.1) is 16.7 Å². The zero-order valence-corrected chi connectivity index (χ0v) is 15.7. The fraction of sp³-hybridized carbons (Fsp3) is 0.588. The maximum atomic E-state index is 12.6. The second-order valence-corrected chi connectivity index (χ2v) is 9.45. The highest BCUT2D eigenvalue weighted by Crippen LogP contribution is 2.64. The Morgan fingerprint density at radius 2 is 2.00 bits per heavy atom. The molecule has 1 aromatic carbocycles. The number of nitrogens with one attached hydrogen (secondary N) is 1. The van der Waals surface area contributed by atoms with Crippen LogP contribution in [0.25, 0.3) is 0 Å². The van der Waals surface area contributed by atoms with Crippen molar-refractivity contribution in [3.8, 4) is 0 Å². The standard InChI is InChI=1S/C17H23ClN2O3S/c1-16(2)12-8-9-17(16,15(10-12)20-23-3)11-19-24(21,22)14-6-4-13(18)5-7-14/h4-7,12,19H,8-11H2,1-3H3/b20-15-. The molecular weight excluding hydrogens is 348 g/mol. The summed E-state index contributed by atoms with van der Waals surface area (Å²) in [6.07, 6.45) is 2.90. The number of hydrogen-bond acceptors (Lipinski definition) is 4. The number of oxime groups is 1. The van der Waals surface area contributed by atoms with Crippen molar-refractivity contribution in [2.24, 2.45) is 21.9 Å². The van der Waals surface area contributed by atoms with Crippen LogP contribution >= 0.6 is 11.6 Å². The first-order chi connectivity index (χ1) is 11.2. The number of rotatable bonds is 5. The van der Waals surface area contributed by atoms with Gasteiger partial charge < -0.3 is 4.84 Å². The van der Waals surface area contributed by atoms with E-state index in [-0.39, 0.29) is 15.7 Å². The van der Waals surface area contributed by atoms with Crippen molar-refractivity contribution >= 4 is 27.3 Å². The van der Waals surface area contributed by atoms with Crippen molar-refractivity contribution in [2.75, 3.05) is 13.7 Å². The zero-order valence-electron chi connectivity index (χ0n) is 14.2. The topological polar surface area (TPSA) is 67.8 Å². The fourth-order valence-electron chi connectivity index (χ4n) is 4.36. The van der Waals surface area contributed by atoms with E-state index in [1.807, 2.05) is 0 Å². The Hall–Kier alpha value is -1.11. The van der Waals surface area contributed by atoms with Crippen molar-refractivity contribution < 1.29 is 13.3 Å². The van der Waals surface area contributed by atoms with Gasteiger partial charge in [0.1, 0.15) is 7.11 Å². The molecule has 2 aliphatic rings. The van der Waals surface area contributed by atoms with Gasteiger partial charge >= 0.3 is 0 Å². The van der Waals surface area contributed by atoms with E-state index < -0.39 is 10.0 Å². The number of nitrogens with zero attached hydrogens (tertiary/aromatic N) is 1. The molecule has 2 aliphatic carbocycles. The summed E-state index contributed by atoms with van der Waals surface area (Å²) in [5.41, 5.74) is 0.685. The molecule has 2 unspecified atom stereocenters. The second-order valence-electron chi connectivity index (χ2n) is 7.24. The summed E-state index contributed by atoms with van der Waals surface area (Å²) in [5.74, 6) is 0.520. The molecule has 3 rings (SSSR count). The quantitative estimate of drug-likeness (QED) is 0.807.